The van der Waals surface area contributed by atoms with Crippen LogP contribution in [0.25, 0.3) is 0 Å². The highest BCUT2D eigenvalue weighted by atomic mass is 16.5. The van der Waals surface area contributed by atoms with Crippen LogP contribution in [0.5, 0.6) is 5.75 Å². The first-order valence-corrected chi connectivity index (χ1v) is 8.84. The third-order valence-electron chi connectivity index (χ3n) is 3.76. The van der Waals surface area contributed by atoms with Crippen LogP contribution in [0.2, 0.25) is 0 Å². The molecule has 7 nitrogen and oxygen atoms in total. The maximum absolute atomic E-state index is 11.5. The summed E-state index contributed by atoms with van der Waals surface area (Å²) in [4.78, 5) is 15.6. The molecule has 1 aromatic rings. The predicted molar refractivity (Wildman–Crippen MR) is 103 cm³/mol. The zero-order chi connectivity index (χ0) is 19.4. The van der Waals surface area contributed by atoms with Crippen molar-refractivity contribution in [3.63, 3.8) is 0 Å². The number of carbonyl (C=O) groups is 1. The summed E-state index contributed by atoms with van der Waals surface area (Å²) in [6, 6.07) is 6.09. The molecule has 26 heavy (non-hydrogen) atoms. The zero-order valence-corrected chi connectivity index (χ0v) is 16.4. The lowest BCUT2D eigenvalue weighted by atomic mass is 10.1. The van der Waals surface area contributed by atoms with Crippen LogP contribution in [0.4, 0.5) is 0 Å². The number of aryl methyl sites for hydroxylation is 1. The molecule has 2 N–H and O–H groups in total. The van der Waals surface area contributed by atoms with Crippen LogP contribution in [-0.4, -0.2) is 52.5 Å². The highest BCUT2D eigenvalue weighted by Crippen LogP contribution is 2.20. The fraction of sp³-hybridized carbons (Fsp3) is 0.579. The maximum Gasteiger partial charge on any atom is 0.310 e. The van der Waals surface area contributed by atoms with Crippen molar-refractivity contribution in [1.29, 1.82) is 0 Å². The summed E-state index contributed by atoms with van der Waals surface area (Å²) in [6.45, 7) is 8.53. The highest BCUT2D eigenvalue weighted by Gasteiger charge is 2.13. The Hall–Kier alpha value is -2.28. The van der Waals surface area contributed by atoms with Crippen molar-refractivity contribution < 1.29 is 19.0 Å². The molecular formula is C19H31N3O4. The van der Waals surface area contributed by atoms with Crippen LogP contribution in [0.15, 0.2) is 23.2 Å². The Morgan fingerprint density at radius 1 is 1.27 bits per heavy atom. The Kier molecular flexibility index (Phi) is 10.2. The lowest BCUT2D eigenvalue weighted by molar-refractivity contribution is -0.144. The number of nitrogens with zero attached hydrogens (tertiary/aromatic N) is 1. The number of esters is 1. The second kappa shape index (κ2) is 12.1. The summed E-state index contributed by atoms with van der Waals surface area (Å²) in [5, 5.41) is 6.36. The van der Waals surface area contributed by atoms with E-state index in [1.807, 2.05) is 32.0 Å². The van der Waals surface area contributed by atoms with Crippen LogP contribution in [0.1, 0.15) is 25.0 Å². The minimum absolute atomic E-state index is 0.253. The topological polar surface area (TPSA) is 81.2 Å². The number of hydrogen-bond donors (Lipinski definition) is 2. The zero-order valence-electron chi connectivity index (χ0n) is 16.4. The summed E-state index contributed by atoms with van der Waals surface area (Å²) < 4.78 is 15.9. The number of ether oxygens (including phenoxy) is 3. The lowest BCUT2D eigenvalue weighted by Gasteiger charge is -2.17. The van der Waals surface area contributed by atoms with Crippen molar-refractivity contribution in [2.75, 3.05) is 40.5 Å². The van der Waals surface area contributed by atoms with Gasteiger partial charge in [0.15, 0.2) is 5.96 Å². The van der Waals surface area contributed by atoms with Crippen molar-refractivity contribution >= 4 is 11.9 Å². The van der Waals surface area contributed by atoms with E-state index in [0.717, 1.165) is 16.9 Å². The molecule has 0 heterocycles. The molecule has 0 saturated heterocycles. The number of methoxy groups -OCH3 is 1. The van der Waals surface area contributed by atoms with Crippen LogP contribution >= 0.6 is 0 Å². The average Bonchev–Trinajstić information content (AvgIpc) is 2.65. The molecular weight excluding hydrogens is 334 g/mol. The molecule has 0 fully saturated rings. The number of nitrogens with one attached hydrogen (secondary N) is 2. The van der Waals surface area contributed by atoms with Gasteiger partial charge < -0.3 is 24.8 Å². The first-order valence-electron chi connectivity index (χ1n) is 8.84. The van der Waals surface area contributed by atoms with E-state index in [4.69, 9.17) is 14.2 Å². The van der Waals surface area contributed by atoms with Gasteiger partial charge in [0, 0.05) is 32.3 Å². The van der Waals surface area contributed by atoms with Crippen molar-refractivity contribution in [3.05, 3.63) is 29.3 Å². The summed E-state index contributed by atoms with van der Waals surface area (Å²) >= 11 is 0. The van der Waals surface area contributed by atoms with E-state index in [9.17, 15) is 4.79 Å². The number of carbonyl (C=O) groups excluding carboxylic acids is 1. The molecule has 146 valence electrons. The van der Waals surface area contributed by atoms with Crippen LogP contribution in [-0.2, 0) is 20.8 Å². The van der Waals surface area contributed by atoms with Crippen LogP contribution in [0.3, 0.4) is 0 Å². The van der Waals surface area contributed by atoms with E-state index in [-0.39, 0.29) is 11.9 Å². The van der Waals surface area contributed by atoms with Crippen molar-refractivity contribution in [2.24, 2.45) is 10.9 Å². The SMILES string of the molecule is CCOCCOc1cc(C)ccc1CNC(=NC)NCC(C)C(=O)OC. The van der Waals surface area contributed by atoms with Crippen LogP contribution < -0.4 is 15.4 Å². The van der Waals surface area contributed by atoms with Gasteiger partial charge in [0.2, 0.25) is 0 Å². The first-order chi connectivity index (χ1) is 12.5. The fourth-order valence-electron chi connectivity index (χ4n) is 2.23. The summed E-state index contributed by atoms with van der Waals surface area (Å²) in [5.74, 6) is 0.934. The van der Waals surface area contributed by atoms with Gasteiger partial charge >= 0.3 is 5.97 Å². The molecule has 0 amide bonds. The molecule has 0 aromatic heterocycles. The smallest absolute Gasteiger partial charge is 0.310 e. The number of aliphatic imine (C=N–C) groups is 1. The molecule has 7 heteroatoms. The Bertz CT molecular complexity index is 590. The molecule has 1 rings (SSSR count). The quantitative estimate of drug-likeness (QED) is 0.285. The molecule has 0 aliphatic heterocycles. The van der Waals surface area contributed by atoms with Crippen LogP contribution in [0, 0.1) is 12.8 Å². The predicted octanol–water partition coefficient (Wildman–Crippen LogP) is 1.88. The first kappa shape index (κ1) is 21.8. The van der Waals surface area contributed by atoms with E-state index in [1.165, 1.54) is 7.11 Å². The highest BCUT2D eigenvalue weighted by molar-refractivity contribution is 5.80. The third-order valence-corrected chi connectivity index (χ3v) is 3.76. The largest absolute Gasteiger partial charge is 0.491 e. The monoisotopic (exact) mass is 365 g/mol. The molecule has 1 unspecified atom stereocenters. The molecule has 0 spiro atoms. The number of guanidine groups is 1. The fourth-order valence-corrected chi connectivity index (χ4v) is 2.23. The molecule has 1 aromatic carbocycles. The Morgan fingerprint density at radius 3 is 2.69 bits per heavy atom. The second-order valence-corrected chi connectivity index (χ2v) is 5.89. The Balaban J connectivity index is 2.59. The average molecular weight is 365 g/mol. The van der Waals surface area contributed by atoms with E-state index < -0.39 is 0 Å². The second-order valence-electron chi connectivity index (χ2n) is 5.89. The molecule has 0 bridgehead atoms. The van der Waals surface area contributed by atoms with E-state index >= 15 is 0 Å². The maximum atomic E-state index is 11.5. The van der Waals surface area contributed by atoms with Gasteiger partial charge in [-0.2, -0.15) is 0 Å². The number of benzene rings is 1. The molecule has 0 radical (unpaired) electrons. The Labute approximate surface area is 156 Å². The van der Waals surface area contributed by atoms with Crippen molar-refractivity contribution in [1.82, 2.24) is 10.6 Å². The minimum atomic E-state index is -0.254. The van der Waals surface area contributed by atoms with E-state index in [0.29, 0.717) is 38.9 Å². The lowest BCUT2D eigenvalue weighted by Crippen LogP contribution is -2.40. The minimum Gasteiger partial charge on any atom is -0.491 e. The van der Waals surface area contributed by atoms with Gasteiger partial charge in [-0.25, -0.2) is 0 Å². The van der Waals surface area contributed by atoms with Gasteiger partial charge in [0.05, 0.1) is 19.6 Å². The van der Waals surface area contributed by atoms with E-state index in [2.05, 4.69) is 15.6 Å². The molecule has 0 aliphatic rings. The standard InChI is InChI=1S/C19H31N3O4/c1-6-25-9-10-26-17-11-14(2)7-8-16(17)13-22-19(20-4)21-12-15(3)18(23)24-5/h7-8,11,15H,6,9-10,12-13H2,1-5H3,(H2,20,21,22). The summed E-state index contributed by atoms with van der Waals surface area (Å²) in [6.07, 6.45) is 0. The Morgan fingerprint density at radius 2 is 2.04 bits per heavy atom. The molecule has 0 saturated carbocycles. The van der Waals surface area contributed by atoms with Gasteiger partial charge in [-0.05, 0) is 25.5 Å². The summed E-state index contributed by atoms with van der Waals surface area (Å²) in [5.41, 5.74) is 2.16. The molecule has 1 atom stereocenters. The normalized spacial score (nSPS) is 12.4. The summed E-state index contributed by atoms with van der Waals surface area (Å²) in [7, 11) is 3.07. The number of rotatable bonds is 10. The number of hydrogen-bond acceptors (Lipinski definition) is 5. The molecule has 0 aliphatic carbocycles. The van der Waals surface area contributed by atoms with Crippen molar-refractivity contribution in [2.45, 2.75) is 27.3 Å². The van der Waals surface area contributed by atoms with E-state index in [1.54, 1.807) is 14.0 Å². The van der Waals surface area contributed by atoms with Gasteiger partial charge in [-0.1, -0.05) is 19.1 Å². The van der Waals surface area contributed by atoms with Crippen molar-refractivity contribution in [3.8, 4) is 5.75 Å². The van der Waals surface area contributed by atoms with Gasteiger partial charge in [0.1, 0.15) is 12.4 Å². The third kappa shape index (κ3) is 7.74. The van der Waals surface area contributed by atoms with Gasteiger partial charge in [-0.3, -0.25) is 9.79 Å². The van der Waals surface area contributed by atoms with Gasteiger partial charge in [0.25, 0.3) is 0 Å². The van der Waals surface area contributed by atoms with Gasteiger partial charge in [-0.15, -0.1) is 0 Å².